The average molecular weight is 324 g/mol. The molecule has 0 spiro atoms. The van der Waals surface area contributed by atoms with Crippen molar-refractivity contribution < 1.29 is 13.5 Å². The Morgan fingerprint density at radius 2 is 1.64 bits per heavy atom. The molecule has 2 bridgehead atoms. The zero-order valence-electron chi connectivity index (χ0n) is 13.3. The molecular weight excluding hydrogens is 300 g/mol. The molecule has 0 aromatic heterocycles. The molecule has 0 aliphatic carbocycles. The molecular formula is C16H24N2O3S. The Labute approximate surface area is 132 Å². The molecule has 0 radical (unpaired) electrons. The number of fused-ring (bicyclic) bond motifs is 2. The van der Waals surface area contributed by atoms with Gasteiger partial charge in [-0.2, -0.15) is 4.31 Å². The molecule has 6 heteroatoms. The highest BCUT2D eigenvalue weighted by Gasteiger charge is 2.55. The Bertz CT molecular complexity index is 653. The van der Waals surface area contributed by atoms with Crippen molar-refractivity contribution in [3.05, 3.63) is 29.8 Å². The van der Waals surface area contributed by atoms with Gasteiger partial charge in [0.15, 0.2) is 0 Å². The first-order valence-corrected chi connectivity index (χ1v) is 9.07. The van der Waals surface area contributed by atoms with Crippen LogP contribution in [0.15, 0.2) is 29.2 Å². The quantitative estimate of drug-likeness (QED) is 0.851. The summed E-state index contributed by atoms with van der Waals surface area (Å²) in [5, 5.41) is 14.0. The van der Waals surface area contributed by atoms with Gasteiger partial charge in [-0.05, 0) is 19.1 Å². The van der Waals surface area contributed by atoms with E-state index in [9.17, 15) is 13.5 Å². The number of piperidine rings is 2. The fourth-order valence-corrected chi connectivity index (χ4v) is 5.55. The van der Waals surface area contributed by atoms with Crippen LogP contribution in [0.2, 0.25) is 0 Å². The van der Waals surface area contributed by atoms with Gasteiger partial charge >= 0.3 is 0 Å². The molecule has 2 saturated heterocycles. The molecule has 2 unspecified atom stereocenters. The Morgan fingerprint density at radius 1 is 1.14 bits per heavy atom. The van der Waals surface area contributed by atoms with Gasteiger partial charge in [0, 0.05) is 37.0 Å². The number of nitrogens with one attached hydrogen (secondary N) is 1. The van der Waals surface area contributed by atoms with Crippen LogP contribution < -0.4 is 5.32 Å². The van der Waals surface area contributed by atoms with Gasteiger partial charge in [0.1, 0.15) is 0 Å². The summed E-state index contributed by atoms with van der Waals surface area (Å²) in [7, 11) is -3.53. The van der Waals surface area contributed by atoms with E-state index in [1.807, 2.05) is 32.9 Å². The van der Waals surface area contributed by atoms with Crippen molar-refractivity contribution >= 4 is 10.0 Å². The lowest BCUT2D eigenvalue weighted by atomic mass is 9.64. The van der Waals surface area contributed by atoms with Gasteiger partial charge in [-0.1, -0.05) is 31.5 Å². The standard InChI is InChI=1S/C16H24N2O3S/c1-12-4-6-13(7-5-12)22(20,21)18-10-15(2)8-17-9-16(3,11-18)14(15)19/h4-7,14,17,19H,8-11H2,1-3H3. The predicted molar refractivity (Wildman–Crippen MR) is 85.0 cm³/mol. The second kappa shape index (κ2) is 5.03. The summed E-state index contributed by atoms with van der Waals surface area (Å²) < 4.78 is 27.4. The van der Waals surface area contributed by atoms with Crippen molar-refractivity contribution in [2.24, 2.45) is 10.8 Å². The number of hydrogen-bond donors (Lipinski definition) is 2. The molecule has 2 aliphatic heterocycles. The van der Waals surface area contributed by atoms with Crippen LogP contribution in [0.25, 0.3) is 0 Å². The van der Waals surface area contributed by atoms with E-state index in [1.54, 1.807) is 16.4 Å². The van der Waals surface area contributed by atoms with Crippen LogP contribution in [0.4, 0.5) is 0 Å². The number of sulfonamides is 1. The highest BCUT2D eigenvalue weighted by Crippen LogP contribution is 2.44. The fourth-order valence-electron chi connectivity index (χ4n) is 3.84. The Kier molecular flexibility index (Phi) is 3.64. The molecule has 22 heavy (non-hydrogen) atoms. The van der Waals surface area contributed by atoms with E-state index in [1.165, 1.54) is 0 Å². The first-order chi connectivity index (χ1) is 10.2. The summed E-state index contributed by atoms with van der Waals surface area (Å²) in [6.07, 6.45) is -0.495. The Morgan fingerprint density at radius 3 is 2.14 bits per heavy atom. The highest BCUT2D eigenvalue weighted by atomic mass is 32.2. The predicted octanol–water partition coefficient (Wildman–Crippen LogP) is 0.976. The minimum absolute atomic E-state index is 0.327. The Balaban J connectivity index is 1.97. The van der Waals surface area contributed by atoms with Crippen molar-refractivity contribution in [1.29, 1.82) is 0 Å². The van der Waals surface area contributed by atoms with Gasteiger partial charge in [0.2, 0.25) is 10.0 Å². The third-order valence-electron chi connectivity index (χ3n) is 5.11. The zero-order valence-corrected chi connectivity index (χ0v) is 14.2. The maximum Gasteiger partial charge on any atom is 0.243 e. The molecule has 5 nitrogen and oxygen atoms in total. The number of aryl methyl sites for hydroxylation is 1. The maximum absolute atomic E-state index is 12.9. The van der Waals surface area contributed by atoms with E-state index >= 15 is 0 Å². The van der Waals surface area contributed by atoms with Crippen LogP contribution >= 0.6 is 0 Å². The van der Waals surface area contributed by atoms with Crippen molar-refractivity contribution in [2.75, 3.05) is 26.2 Å². The lowest BCUT2D eigenvalue weighted by Crippen LogP contribution is -2.70. The smallest absolute Gasteiger partial charge is 0.243 e. The van der Waals surface area contributed by atoms with E-state index in [0.717, 1.165) is 5.56 Å². The summed E-state index contributed by atoms with van der Waals surface area (Å²) in [5.41, 5.74) is 0.125. The monoisotopic (exact) mass is 324 g/mol. The SMILES string of the molecule is Cc1ccc(S(=O)(=O)N2CC3(C)CNCC(C)(C2)C3O)cc1. The van der Waals surface area contributed by atoms with Crippen molar-refractivity contribution in [3.63, 3.8) is 0 Å². The Hall–Kier alpha value is -0.950. The molecule has 2 N–H and O–H groups in total. The topological polar surface area (TPSA) is 69.6 Å². The molecule has 0 amide bonds. The second-order valence-corrected chi connectivity index (χ2v) is 9.34. The van der Waals surface area contributed by atoms with E-state index in [2.05, 4.69) is 5.32 Å². The minimum atomic E-state index is -3.53. The second-order valence-electron chi connectivity index (χ2n) is 7.40. The molecule has 2 atom stereocenters. The van der Waals surface area contributed by atoms with Gasteiger partial charge in [0.05, 0.1) is 11.0 Å². The van der Waals surface area contributed by atoms with E-state index < -0.39 is 27.0 Å². The first-order valence-electron chi connectivity index (χ1n) is 7.63. The van der Waals surface area contributed by atoms with Gasteiger partial charge in [-0.25, -0.2) is 8.42 Å². The number of rotatable bonds is 2. The summed E-state index contributed by atoms with van der Waals surface area (Å²) in [6, 6.07) is 6.96. The highest BCUT2D eigenvalue weighted by molar-refractivity contribution is 7.89. The molecule has 2 fully saturated rings. The number of benzene rings is 1. The van der Waals surface area contributed by atoms with Crippen molar-refractivity contribution in [3.8, 4) is 0 Å². The van der Waals surface area contributed by atoms with Crippen LogP contribution in [-0.2, 0) is 10.0 Å². The molecule has 2 aliphatic rings. The van der Waals surface area contributed by atoms with Crippen LogP contribution in [0.3, 0.4) is 0 Å². The van der Waals surface area contributed by atoms with Gasteiger partial charge in [0.25, 0.3) is 0 Å². The van der Waals surface area contributed by atoms with E-state index in [0.29, 0.717) is 31.1 Å². The number of aliphatic hydroxyl groups is 1. The largest absolute Gasteiger partial charge is 0.392 e. The molecule has 1 aromatic carbocycles. The molecule has 0 saturated carbocycles. The van der Waals surface area contributed by atoms with Crippen molar-refractivity contribution in [2.45, 2.75) is 31.8 Å². The molecule has 3 rings (SSSR count). The van der Waals surface area contributed by atoms with Crippen LogP contribution in [0, 0.1) is 17.8 Å². The summed E-state index contributed by atoms with van der Waals surface area (Å²) in [6.45, 7) is 7.79. The molecule has 2 heterocycles. The van der Waals surface area contributed by atoms with E-state index in [4.69, 9.17) is 0 Å². The average Bonchev–Trinajstić information content (AvgIpc) is 2.43. The van der Waals surface area contributed by atoms with E-state index in [-0.39, 0.29) is 0 Å². The maximum atomic E-state index is 12.9. The lowest BCUT2D eigenvalue weighted by molar-refractivity contribution is -0.123. The number of aliphatic hydroxyl groups excluding tert-OH is 1. The third kappa shape index (κ3) is 2.38. The van der Waals surface area contributed by atoms with Gasteiger partial charge in [-0.3, -0.25) is 0 Å². The fraction of sp³-hybridized carbons (Fsp3) is 0.625. The minimum Gasteiger partial charge on any atom is -0.392 e. The summed E-state index contributed by atoms with van der Waals surface area (Å²) in [4.78, 5) is 0.327. The first kappa shape index (κ1) is 15.9. The normalized spacial score (nSPS) is 36.3. The van der Waals surface area contributed by atoms with Crippen LogP contribution in [0.5, 0.6) is 0 Å². The summed E-state index contributed by atoms with van der Waals surface area (Å²) in [5.74, 6) is 0. The van der Waals surface area contributed by atoms with Crippen molar-refractivity contribution in [1.82, 2.24) is 9.62 Å². The zero-order chi connectivity index (χ0) is 16.2. The van der Waals surface area contributed by atoms with Gasteiger partial charge < -0.3 is 10.4 Å². The summed E-state index contributed by atoms with van der Waals surface area (Å²) >= 11 is 0. The van der Waals surface area contributed by atoms with Crippen LogP contribution in [0.1, 0.15) is 19.4 Å². The van der Waals surface area contributed by atoms with Crippen LogP contribution in [-0.4, -0.2) is 50.1 Å². The number of hydrogen-bond acceptors (Lipinski definition) is 4. The van der Waals surface area contributed by atoms with Gasteiger partial charge in [-0.15, -0.1) is 0 Å². The molecule has 1 aromatic rings. The molecule has 122 valence electrons. The number of nitrogens with zero attached hydrogens (tertiary/aromatic N) is 1. The third-order valence-corrected chi connectivity index (χ3v) is 6.92. The lowest BCUT2D eigenvalue weighted by Gasteiger charge is -2.56.